The molecule has 0 unspecified atom stereocenters. The van der Waals surface area contributed by atoms with Crippen LogP contribution in [0.15, 0.2) is 54.7 Å². The normalized spacial score (nSPS) is 22.1. The Hall–Kier alpha value is -3.31. The van der Waals surface area contributed by atoms with Gasteiger partial charge >= 0.3 is 0 Å². The number of methoxy groups -OCH3 is 1. The Morgan fingerprint density at radius 1 is 1.09 bits per heavy atom. The molecule has 1 aliphatic carbocycles. The molecule has 5 rings (SSSR count). The first-order chi connectivity index (χ1) is 16.6. The summed E-state index contributed by atoms with van der Waals surface area (Å²) in [5, 5.41) is 37.6. The summed E-state index contributed by atoms with van der Waals surface area (Å²) in [6.45, 7) is -0.201. The summed E-state index contributed by atoms with van der Waals surface area (Å²) in [6, 6.07) is 14.8. The lowest BCUT2D eigenvalue weighted by Crippen LogP contribution is -2.35. The third kappa shape index (κ3) is 4.40. The van der Waals surface area contributed by atoms with Crippen molar-refractivity contribution in [2.24, 2.45) is 5.92 Å². The number of thiazole rings is 1. The fourth-order valence-electron chi connectivity index (χ4n) is 4.15. The van der Waals surface area contributed by atoms with Crippen molar-refractivity contribution < 1.29 is 20.1 Å². The van der Waals surface area contributed by atoms with E-state index in [9.17, 15) is 15.3 Å². The van der Waals surface area contributed by atoms with Crippen LogP contribution in [0.1, 0.15) is 6.42 Å². The van der Waals surface area contributed by atoms with Gasteiger partial charge in [-0.15, -0.1) is 11.3 Å². The number of aliphatic hydroxyl groups excluding tert-OH is 3. The lowest BCUT2D eigenvalue weighted by molar-refractivity contribution is 0.00446. The summed E-state index contributed by atoms with van der Waals surface area (Å²) < 4.78 is 6.32. The molecule has 1 aliphatic rings. The molecule has 0 spiro atoms. The maximum absolute atomic E-state index is 10.5. The number of ether oxygens (including phenoxy) is 1. The van der Waals surface area contributed by atoms with Crippen LogP contribution in [0, 0.1) is 5.92 Å². The van der Waals surface area contributed by atoms with Crippen LogP contribution in [-0.2, 0) is 0 Å². The highest BCUT2D eigenvalue weighted by Crippen LogP contribution is 2.36. The molecule has 176 valence electrons. The number of aliphatic hydroxyl groups is 3. The molecule has 1 fully saturated rings. The third-order valence-corrected chi connectivity index (χ3v) is 7.07. The summed E-state index contributed by atoms with van der Waals surface area (Å²) in [4.78, 5) is 13.9. The molecule has 9 nitrogen and oxygen atoms in total. The fourth-order valence-corrected chi connectivity index (χ4v) is 5.13. The highest BCUT2D eigenvalue weighted by atomic mass is 32.1. The van der Waals surface area contributed by atoms with E-state index in [1.54, 1.807) is 13.3 Å². The SMILES string of the molecule is COc1cccc(Nc2ncc(-c3nc4ccccc4s3)c(N[C@@H]3C[C@H](CO)[C@@H](O)[C@H]3O)n2)c1. The van der Waals surface area contributed by atoms with Gasteiger partial charge in [0.2, 0.25) is 5.95 Å². The van der Waals surface area contributed by atoms with E-state index in [0.717, 1.165) is 20.9 Å². The molecular weight excluding hydrogens is 454 g/mol. The first-order valence-electron chi connectivity index (χ1n) is 10.9. The molecule has 1 saturated carbocycles. The average molecular weight is 480 g/mol. The lowest BCUT2D eigenvalue weighted by atomic mass is 10.1. The molecule has 2 aromatic carbocycles. The minimum atomic E-state index is -1.04. The van der Waals surface area contributed by atoms with Gasteiger partial charge in [-0.2, -0.15) is 4.98 Å². The van der Waals surface area contributed by atoms with E-state index in [2.05, 4.69) is 20.6 Å². The van der Waals surface area contributed by atoms with Crippen LogP contribution in [0.2, 0.25) is 0 Å². The smallest absolute Gasteiger partial charge is 0.229 e. The Labute approximate surface area is 200 Å². The van der Waals surface area contributed by atoms with Crippen molar-refractivity contribution in [3.63, 3.8) is 0 Å². The Morgan fingerprint density at radius 2 is 1.94 bits per heavy atom. The summed E-state index contributed by atoms with van der Waals surface area (Å²) in [5.74, 6) is 1.13. The zero-order chi connectivity index (χ0) is 23.7. The summed E-state index contributed by atoms with van der Waals surface area (Å²) in [7, 11) is 1.60. The monoisotopic (exact) mass is 479 g/mol. The predicted octanol–water partition coefficient (Wildman–Crippen LogP) is 3.02. The molecule has 2 heterocycles. The van der Waals surface area contributed by atoms with E-state index in [4.69, 9.17) is 9.72 Å². The second kappa shape index (κ2) is 9.51. The van der Waals surface area contributed by atoms with Crippen LogP contribution in [0.5, 0.6) is 5.75 Å². The molecule has 0 amide bonds. The van der Waals surface area contributed by atoms with E-state index in [1.807, 2.05) is 48.5 Å². The number of hydrogen-bond acceptors (Lipinski definition) is 10. The van der Waals surface area contributed by atoms with E-state index in [-0.39, 0.29) is 6.61 Å². The summed E-state index contributed by atoms with van der Waals surface area (Å²) >= 11 is 1.52. The van der Waals surface area contributed by atoms with Crippen LogP contribution in [0.4, 0.5) is 17.5 Å². The van der Waals surface area contributed by atoms with Gasteiger partial charge in [0.05, 0.1) is 35.0 Å². The van der Waals surface area contributed by atoms with Crippen molar-refractivity contribution >= 4 is 39.0 Å². The first kappa shape index (κ1) is 22.5. The van der Waals surface area contributed by atoms with Gasteiger partial charge in [-0.05, 0) is 30.7 Å². The van der Waals surface area contributed by atoms with Gasteiger partial charge in [-0.3, -0.25) is 0 Å². The molecule has 5 N–H and O–H groups in total. The largest absolute Gasteiger partial charge is 0.497 e. The number of hydrogen-bond donors (Lipinski definition) is 5. The minimum Gasteiger partial charge on any atom is -0.497 e. The molecule has 10 heteroatoms. The lowest BCUT2D eigenvalue weighted by Gasteiger charge is -2.20. The topological polar surface area (TPSA) is 133 Å². The third-order valence-electron chi connectivity index (χ3n) is 6.00. The Morgan fingerprint density at radius 3 is 2.71 bits per heavy atom. The van der Waals surface area contributed by atoms with Crippen molar-refractivity contribution in [3.8, 4) is 16.3 Å². The molecule has 0 saturated heterocycles. The van der Waals surface area contributed by atoms with E-state index in [0.29, 0.717) is 29.5 Å². The number of rotatable bonds is 7. The zero-order valence-corrected chi connectivity index (χ0v) is 19.2. The second-order valence-electron chi connectivity index (χ2n) is 8.21. The van der Waals surface area contributed by atoms with Crippen molar-refractivity contribution in [1.82, 2.24) is 15.0 Å². The number of benzene rings is 2. The molecule has 4 aromatic rings. The van der Waals surface area contributed by atoms with Crippen LogP contribution in [-0.4, -0.2) is 62.2 Å². The predicted molar refractivity (Wildman–Crippen MR) is 132 cm³/mol. The standard InChI is InChI=1S/C24H25N5O4S/c1-33-15-6-4-5-14(10-15)26-24-25-11-16(23-28-17-7-2-3-8-19(17)34-23)22(29-24)27-18-9-13(12-30)20(31)21(18)32/h2-8,10-11,13,18,20-21,30-32H,9,12H2,1H3,(H2,25,26,27,29)/t13-,18-,20-,21+/m1/s1. The zero-order valence-electron chi connectivity index (χ0n) is 18.4. The fraction of sp³-hybridized carbons (Fsp3) is 0.292. The van der Waals surface area contributed by atoms with Crippen LogP contribution < -0.4 is 15.4 Å². The highest BCUT2D eigenvalue weighted by Gasteiger charge is 2.41. The number of anilines is 3. The second-order valence-corrected chi connectivity index (χ2v) is 9.24. The number of aromatic nitrogens is 3. The molecule has 0 bridgehead atoms. The van der Waals surface area contributed by atoms with Crippen molar-refractivity contribution in [1.29, 1.82) is 0 Å². The highest BCUT2D eigenvalue weighted by molar-refractivity contribution is 7.21. The van der Waals surface area contributed by atoms with Crippen molar-refractivity contribution in [2.75, 3.05) is 24.4 Å². The van der Waals surface area contributed by atoms with Crippen LogP contribution >= 0.6 is 11.3 Å². The van der Waals surface area contributed by atoms with Crippen molar-refractivity contribution in [2.45, 2.75) is 24.7 Å². The Bertz CT molecular complexity index is 1270. The molecule has 0 radical (unpaired) electrons. The van der Waals surface area contributed by atoms with Gasteiger partial charge in [0.15, 0.2) is 0 Å². The van der Waals surface area contributed by atoms with Crippen LogP contribution in [0.25, 0.3) is 20.8 Å². The Balaban J connectivity index is 1.51. The van der Waals surface area contributed by atoms with Gasteiger partial charge in [0.25, 0.3) is 0 Å². The molecule has 0 aliphatic heterocycles. The van der Waals surface area contributed by atoms with Gasteiger partial charge in [-0.1, -0.05) is 18.2 Å². The van der Waals surface area contributed by atoms with E-state index in [1.165, 1.54) is 11.3 Å². The average Bonchev–Trinajstić information content (AvgIpc) is 3.40. The maximum Gasteiger partial charge on any atom is 0.229 e. The van der Waals surface area contributed by atoms with Gasteiger partial charge in [-0.25, -0.2) is 9.97 Å². The molecular formula is C24H25N5O4S. The van der Waals surface area contributed by atoms with E-state index >= 15 is 0 Å². The van der Waals surface area contributed by atoms with Gasteiger partial charge in [0, 0.05) is 30.5 Å². The minimum absolute atomic E-state index is 0.201. The summed E-state index contributed by atoms with van der Waals surface area (Å²) in [6.07, 6.45) is 0.0483. The van der Waals surface area contributed by atoms with Gasteiger partial charge < -0.3 is 30.7 Å². The molecule has 2 aromatic heterocycles. The Kier molecular flexibility index (Phi) is 6.29. The quantitative estimate of drug-likeness (QED) is 0.271. The molecule has 4 atom stereocenters. The number of fused-ring (bicyclic) bond motifs is 1. The number of nitrogens with zero attached hydrogens (tertiary/aromatic N) is 3. The van der Waals surface area contributed by atoms with Crippen LogP contribution in [0.3, 0.4) is 0 Å². The first-order valence-corrected chi connectivity index (χ1v) is 11.7. The maximum atomic E-state index is 10.5. The van der Waals surface area contributed by atoms with Crippen molar-refractivity contribution in [3.05, 3.63) is 54.7 Å². The summed E-state index contributed by atoms with van der Waals surface area (Å²) in [5.41, 5.74) is 2.32. The van der Waals surface area contributed by atoms with E-state index < -0.39 is 24.2 Å². The number of nitrogens with one attached hydrogen (secondary N) is 2. The van der Waals surface area contributed by atoms with Gasteiger partial charge in [0.1, 0.15) is 22.7 Å². The number of para-hydroxylation sites is 1. The molecule has 34 heavy (non-hydrogen) atoms.